The second-order valence-corrected chi connectivity index (χ2v) is 7.95. The fourth-order valence-corrected chi connectivity index (χ4v) is 4.31. The molecule has 0 amide bonds. The van der Waals surface area contributed by atoms with Gasteiger partial charge in [0.05, 0.1) is 9.88 Å². The van der Waals surface area contributed by atoms with Gasteiger partial charge in [0.15, 0.2) is 0 Å². The zero-order valence-electron chi connectivity index (χ0n) is 12.5. The minimum absolute atomic E-state index is 0.135. The fraction of sp³-hybridized carbons (Fsp3) is 0.533. The van der Waals surface area contributed by atoms with Crippen LogP contribution >= 0.6 is 12.2 Å². The average molecular weight is 326 g/mol. The second-order valence-electron chi connectivity index (χ2n) is 5.54. The number of fused-ring (bicyclic) bond motifs is 1. The zero-order valence-corrected chi connectivity index (χ0v) is 14.1. The number of nitrogens with zero attached hydrogens (tertiary/aromatic N) is 1. The lowest BCUT2D eigenvalue weighted by Crippen LogP contribution is -2.38. The van der Waals surface area contributed by atoms with Crippen LogP contribution in [0.1, 0.15) is 31.4 Å². The van der Waals surface area contributed by atoms with Gasteiger partial charge in [-0.1, -0.05) is 32.1 Å². The molecule has 0 radical (unpaired) electrons. The van der Waals surface area contributed by atoms with E-state index in [1.807, 2.05) is 26.0 Å². The maximum atomic E-state index is 12.8. The summed E-state index contributed by atoms with van der Waals surface area (Å²) in [6.07, 6.45) is 3.12. The van der Waals surface area contributed by atoms with Crippen LogP contribution in [0.15, 0.2) is 23.1 Å². The molecule has 1 aliphatic rings. The molecular weight excluding hydrogens is 304 g/mol. The Kier molecular flexibility index (Phi) is 5.01. The van der Waals surface area contributed by atoms with Crippen molar-refractivity contribution < 1.29 is 8.42 Å². The molecule has 0 bridgehead atoms. The summed E-state index contributed by atoms with van der Waals surface area (Å²) in [6.45, 7) is 4.41. The van der Waals surface area contributed by atoms with E-state index in [-0.39, 0.29) is 5.92 Å². The predicted octanol–water partition coefficient (Wildman–Crippen LogP) is 2.11. The molecule has 1 unspecified atom stereocenters. The molecule has 6 heteroatoms. The van der Waals surface area contributed by atoms with E-state index >= 15 is 0 Å². The summed E-state index contributed by atoms with van der Waals surface area (Å²) in [4.78, 5) is 0.720. The number of aryl methyl sites for hydroxylation is 2. The number of rotatable bonds is 6. The average Bonchev–Trinajstić information content (AvgIpc) is 2.91. The third-order valence-electron chi connectivity index (χ3n) is 4.02. The topological polar surface area (TPSA) is 63.4 Å². The van der Waals surface area contributed by atoms with Gasteiger partial charge in [-0.2, -0.15) is 4.31 Å². The van der Waals surface area contributed by atoms with E-state index in [4.69, 9.17) is 18.0 Å². The van der Waals surface area contributed by atoms with Gasteiger partial charge in [0.25, 0.3) is 0 Å². The number of hydrogen-bond acceptors (Lipinski definition) is 3. The van der Waals surface area contributed by atoms with E-state index in [0.29, 0.717) is 23.0 Å². The van der Waals surface area contributed by atoms with Crippen LogP contribution in [0.25, 0.3) is 0 Å². The summed E-state index contributed by atoms with van der Waals surface area (Å²) < 4.78 is 27.0. The first-order valence-corrected chi connectivity index (χ1v) is 9.12. The Labute approximate surface area is 132 Å². The van der Waals surface area contributed by atoms with Crippen molar-refractivity contribution in [1.29, 1.82) is 0 Å². The van der Waals surface area contributed by atoms with Crippen molar-refractivity contribution in [1.82, 2.24) is 4.31 Å². The highest BCUT2D eigenvalue weighted by Gasteiger charge is 2.26. The molecule has 2 N–H and O–H groups in total. The minimum Gasteiger partial charge on any atom is -0.393 e. The lowest BCUT2D eigenvalue weighted by Gasteiger charge is -2.23. The van der Waals surface area contributed by atoms with Gasteiger partial charge in [0.2, 0.25) is 10.0 Å². The van der Waals surface area contributed by atoms with Gasteiger partial charge in [-0.3, -0.25) is 0 Å². The van der Waals surface area contributed by atoms with Gasteiger partial charge in [-0.25, -0.2) is 8.42 Å². The number of hydrogen-bond donors (Lipinski definition) is 1. The first kappa shape index (κ1) is 16.4. The van der Waals surface area contributed by atoms with E-state index in [1.165, 1.54) is 9.87 Å². The molecule has 0 aliphatic heterocycles. The molecule has 116 valence electrons. The molecular formula is C15H22N2O2S2. The third-order valence-corrected chi connectivity index (χ3v) is 6.36. The molecule has 1 aliphatic carbocycles. The highest BCUT2D eigenvalue weighted by molar-refractivity contribution is 7.89. The Bertz CT molecular complexity index is 641. The Hall–Kier alpha value is -0.980. The summed E-state index contributed by atoms with van der Waals surface area (Å²) in [5, 5.41) is 0. The van der Waals surface area contributed by atoms with Crippen LogP contribution < -0.4 is 5.73 Å². The van der Waals surface area contributed by atoms with E-state index in [2.05, 4.69) is 0 Å². The first-order valence-electron chi connectivity index (χ1n) is 7.27. The first-order chi connectivity index (χ1) is 9.86. The summed E-state index contributed by atoms with van der Waals surface area (Å²) >= 11 is 4.95. The number of sulfonamides is 1. The van der Waals surface area contributed by atoms with E-state index in [1.54, 1.807) is 6.07 Å². The van der Waals surface area contributed by atoms with Crippen molar-refractivity contribution in [2.24, 2.45) is 11.7 Å². The van der Waals surface area contributed by atoms with Crippen LogP contribution in [-0.2, 0) is 22.9 Å². The van der Waals surface area contributed by atoms with Gasteiger partial charge < -0.3 is 5.73 Å². The Balaban J connectivity index is 2.29. The van der Waals surface area contributed by atoms with Crippen molar-refractivity contribution in [3.63, 3.8) is 0 Å². The molecule has 1 atom stereocenters. The van der Waals surface area contributed by atoms with Gasteiger partial charge in [-0.15, -0.1) is 0 Å². The molecule has 2 rings (SSSR count). The largest absolute Gasteiger partial charge is 0.393 e. The number of thiocarbonyl (C=S) groups is 1. The normalized spacial score (nSPS) is 16.0. The maximum absolute atomic E-state index is 12.8. The van der Waals surface area contributed by atoms with Gasteiger partial charge >= 0.3 is 0 Å². The van der Waals surface area contributed by atoms with E-state index in [0.717, 1.165) is 24.8 Å². The number of nitrogens with two attached hydrogens (primary N) is 1. The molecule has 4 nitrogen and oxygen atoms in total. The molecule has 1 aromatic carbocycles. The lowest BCUT2D eigenvalue weighted by molar-refractivity contribution is 0.405. The summed E-state index contributed by atoms with van der Waals surface area (Å²) in [7, 11) is -3.48. The number of benzene rings is 1. The Morgan fingerprint density at radius 1 is 1.38 bits per heavy atom. The van der Waals surface area contributed by atoms with Crippen LogP contribution in [0.4, 0.5) is 0 Å². The molecule has 0 saturated carbocycles. The quantitative estimate of drug-likeness (QED) is 0.813. The standard InChI is InChI=1S/C15H22N2O2S2/c1-3-17(10-11(2)15(16)20)21(18,19)14-8-7-12-5-4-6-13(12)9-14/h7-9,11H,3-6,10H2,1-2H3,(H2,16,20). The summed E-state index contributed by atoms with van der Waals surface area (Å²) in [6, 6.07) is 5.49. The summed E-state index contributed by atoms with van der Waals surface area (Å²) in [5.41, 5.74) is 8.04. The Morgan fingerprint density at radius 3 is 2.67 bits per heavy atom. The van der Waals surface area contributed by atoms with Crippen LogP contribution in [0.5, 0.6) is 0 Å². The smallest absolute Gasteiger partial charge is 0.243 e. The highest BCUT2D eigenvalue weighted by Crippen LogP contribution is 2.26. The van der Waals surface area contributed by atoms with Crippen molar-refractivity contribution in [2.75, 3.05) is 13.1 Å². The van der Waals surface area contributed by atoms with Gasteiger partial charge in [0.1, 0.15) is 0 Å². The van der Waals surface area contributed by atoms with Gasteiger partial charge in [-0.05, 0) is 42.5 Å². The summed E-state index contributed by atoms with van der Waals surface area (Å²) in [5.74, 6) is -0.135. The van der Waals surface area contributed by atoms with E-state index in [9.17, 15) is 8.42 Å². The third kappa shape index (κ3) is 3.44. The monoisotopic (exact) mass is 326 g/mol. The van der Waals surface area contributed by atoms with Gasteiger partial charge in [0, 0.05) is 19.0 Å². The second kappa shape index (κ2) is 6.42. The maximum Gasteiger partial charge on any atom is 0.243 e. The van der Waals surface area contributed by atoms with Crippen molar-refractivity contribution >= 4 is 27.2 Å². The van der Waals surface area contributed by atoms with Crippen molar-refractivity contribution in [3.05, 3.63) is 29.3 Å². The zero-order chi connectivity index (χ0) is 15.6. The minimum atomic E-state index is -3.48. The molecule has 0 spiro atoms. The van der Waals surface area contributed by atoms with E-state index < -0.39 is 10.0 Å². The predicted molar refractivity (Wildman–Crippen MR) is 88.8 cm³/mol. The molecule has 0 saturated heterocycles. The van der Waals surface area contributed by atoms with Crippen LogP contribution in [0, 0.1) is 5.92 Å². The van der Waals surface area contributed by atoms with Crippen LogP contribution in [0.2, 0.25) is 0 Å². The molecule has 0 fully saturated rings. The highest BCUT2D eigenvalue weighted by atomic mass is 32.2. The molecule has 0 aromatic heterocycles. The SMILES string of the molecule is CCN(CC(C)C(N)=S)S(=O)(=O)c1ccc2c(c1)CCC2. The van der Waals surface area contributed by atoms with Crippen LogP contribution in [-0.4, -0.2) is 30.8 Å². The molecule has 1 aromatic rings. The molecule has 21 heavy (non-hydrogen) atoms. The fourth-order valence-electron chi connectivity index (χ4n) is 2.65. The van der Waals surface area contributed by atoms with Crippen LogP contribution in [0.3, 0.4) is 0 Å². The molecule has 0 heterocycles. The Morgan fingerprint density at radius 2 is 2.05 bits per heavy atom. The lowest BCUT2D eigenvalue weighted by atomic mass is 10.1. The van der Waals surface area contributed by atoms with Crippen molar-refractivity contribution in [3.8, 4) is 0 Å². The van der Waals surface area contributed by atoms with Crippen molar-refractivity contribution in [2.45, 2.75) is 38.0 Å².